The van der Waals surface area contributed by atoms with Crippen LogP contribution in [-0.2, 0) is 19.0 Å². The molecule has 0 radical (unpaired) electrons. The van der Waals surface area contributed by atoms with Gasteiger partial charge in [0.05, 0.1) is 30.9 Å². The van der Waals surface area contributed by atoms with Crippen molar-refractivity contribution in [3.8, 4) is 0 Å². The number of alkyl halides is 1. The number of likely N-dealkylation sites (N-methyl/N-ethyl adjacent to an activating group) is 1. The van der Waals surface area contributed by atoms with Crippen molar-refractivity contribution >= 4 is 12.0 Å². The molecule has 3 unspecified atom stereocenters. The molecule has 3 rings (SSSR count). The summed E-state index contributed by atoms with van der Waals surface area (Å²) in [5, 5.41) is 2.78. The number of carbonyl (C=O) groups is 2. The number of ether oxygens (including phenoxy) is 3. The van der Waals surface area contributed by atoms with Crippen molar-refractivity contribution < 1.29 is 28.2 Å². The van der Waals surface area contributed by atoms with Gasteiger partial charge in [0.1, 0.15) is 5.60 Å². The first-order chi connectivity index (χ1) is 17.0. The number of halogens is 1. The number of nitrogens with zero attached hydrogens (tertiary/aromatic N) is 1. The number of amides is 2. The Morgan fingerprint density at radius 3 is 2.33 bits per heavy atom. The van der Waals surface area contributed by atoms with Gasteiger partial charge in [-0.1, -0.05) is 51.1 Å². The van der Waals surface area contributed by atoms with Gasteiger partial charge in [-0.25, -0.2) is 9.18 Å². The minimum atomic E-state index is -2.01. The molecule has 2 fully saturated rings. The van der Waals surface area contributed by atoms with Crippen LogP contribution < -0.4 is 5.32 Å². The van der Waals surface area contributed by atoms with E-state index in [0.717, 1.165) is 25.7 Å². The molecule has 7 nitrogen and oxygen atoms in total. The highest BCUT2D eigenvalue weighted by atomic mass is 19.1. The lowest BCUT2D eigenvalue weighted by Crippen LogP contribution is -2.70. The number of nitrogens with one attached hydrogen (secondary N) is 1. The fourth-order valence-electron chi connectivity index (χ4n) is 4.86. The standard InChI is InChI=1S/C26H39FN2O5.C2H6/c1-6-26(17-33-22(27)23(30)28-26)21(29(5)24(31)34-25(2,3)4)16-32-20-14-12-19(13-15-20)18-10-8-7-9-11-18;1-2/h7-11,19-22H,6,12-17H2,1-5H3,(H,28,30);1-2H3. The van der Waals surface area contributed by atoms with Crippen molar-refractivity contribution in [2.75, 3.05) is 20.3 Å². The van der Waals surface area contributed by atoms with Crippen LogP contribution in [0.15, 0.2) is 30.3 Å². The second-order valence-electron chi connectivity index (χ2n) is 10.5. The van der Waals surface area contributed by atoms with Gasteiger partial charge in [0.25, 0.3) is 12.3 Å². The molecule has 1 aromatic carbocycles. The summed E-state index contributed by atoms with van der Waals surface area (Å²) >= 11 is 0. The van der Waals surface area contributed by atoms with Crippen LogP contribution in [0.4, 0.5) is 9.18 Å². The Morgan fingerprint density at radius 1 is 1.19 bits per heavy atom. The van der Waals surface area contributed by atoms with Crippen molar-refractivity contribution in [3.63, 3.8) is 0 Å². The SMILES string of the molecule is CC.CCC1(C(COC2CCC(c3ccccc3)CC2)N(C)C(=O)OC(C)(C)C)COC(F)C(=O)N1. The normalized spacial score (nSPS) is 27.2. The molecule has 2 amide bonds. The summed E-state index contributed by atoms with van der Waals surface area (Å²) in [6, 6.07) is 9.93. The molecule has 8 heteroatoms. The second kappa shape index (κ2) is 13.4. The molecule has 1 saturated carbocycles. The first-order valence-electron chi connectivity index (χ1n) is 13.2. The lowest BCUT2D eigenvalue weighted by Gasteiger charge is -2.47. The summed E-state index contributed by atoms with van der Waals surface area (Å²) in [5.74, 6) is -0.310. The zero-order chi connectivity index (χ0) is 26.9. The van der Waals surface area contributed by atoms with Crippen LogP contribution in [-0.4, -0.2) is 66.8 Å². The van der Waals surface area contributed by atoms with E-state index in [1.54, 1.807) is 27.8 Å². The average molecular weight is 509 g/mol. The molecule has 1 saturated heterocycles. The molecule has 2 aliphatic rings. The Balaban J connectivity index is 0.00000222. The summed E-state index contributed by atoms with van der Waals surface area (Å²) in [4.78, 5) is 26.6. The number of hydrogen-bond acceptors (Lipinski definition) is 5. The van der Waals surface area contributed by atoms with E-state index in [9.17, 15) is 14.0 Å². The number of carbonyl (C=O) groups excluding carboxylic acids is 2. The lowest BCUT2D eigenvalue weighted by atomic mass is 9.82. The van der Waals surface area contributed by atoms with Crippen molar-refractivity contribution in [1.82, 2.24) is 10.2 Å². The summed E-state index contributed by atoms with van der Waals surface area (Å²) in [6.07, 6.45) is 1.84. The van der Waals surface area contributed by atoms with E-state index in [1.165, 1.54) is 10.5 Å². The highest BCUT2D eigenvalue weighted by Gasteiger charge is 2.48. The molecule has 1 aliphatic carbocycles. The van der Waals surface area contributed by atoms with Crippen LogP contribution in [0.2, 0.25) is 0 Å². The van der Waals surface area contributed by atoms with Crippen molar-refractivity contribution in [3.05, 3.63) is 35.9 Å². The Hall–Kier alpha value is -2.19. The van der Waals surface area contributed by atoms with Gasteiger partial charge in [-0.2, -0.15) is 0 Å². The molecule has 1 aromatic rings. The van der Waals surface area contributed by atoms with Gasteiger partial charge in [0, 0.05) is 7.05 Å². The Kier molecular flexibility index (Phi) is 11.2. The molecule has 3 atom stereocenters. The molecular weight excluding hydrogens is 463 g/mol. The fraction of sp³-hybridized carbons (Fsp3) is 0.714. The quantitative estimate of drug-likeness (QED) is 0.520. The van der Waals surface area contributed by atoms with Gasteiger partial charge >= 0.3 is 6.09 Å². The van der Waals surface area contributed by atoms with Crippen molar-refractivity contribution in [1.29, 1.82) is 0 Å². The third-order valence-corrected chi connectivity index (χ3v) is 6.92. The molecular formula is C28H45FN2O5. The van der Waals surface area contributed by atoms with Gasteiger partial charge in [0.2, 0.25) is 0 Å². The van der Waals surface area contributed by atoms with E-state index in [0.29, 0.717) is 12.3 Å². The average Bonchev–Trinajstić information content (AvgIpc) is 2.87. The lowest BCUT2D eigenvalue weighted by molar-refractivity contribution is -0.169. The first kappa shape index (κ1) is 30.0. The zero-order valence-corrected chi connectivity index (χ0v) is 23.0. The summed E-state index contributed by atoms with van der Waals surface area (Å²) in [5.41, 5.74) is -0.300. The third-order valence-electron chi connectivity index (χ3n) is 6.92. The maximum atomic E-state index is 13.8. The van der Waals surface area contributed by atoms with E-state index in [-0.39, 0.29) is 19.3 Å². The highest BCUT2D eigenvalue weighted by Crippen LogP contribution is 2.35. The van der Waals surface area contributed by atoms with E-state index in [1.807, 2.05) is 26.8 Å². The van der Waals surface area contributed by atoms with Crippen LogP contribution in [0.25, 0.3) is 0 Å². The van der Waals surface area contributed by atoms with Gasteiger partial charge < -0.3 is 24.4 Å². The molecule has 0 aromatic heterocycles. The van der Waals surface area contributed by atoms with Crippen LogP contribution >= 0.6 is 0 Å². The van der Waals surface area contributed by atoms with Gasteiger partial charge in [-0.15, -0.1) is 0 Å². The molecule has 36 heavy (non-hydrogen) atoms. The number of morpholine rings is 1. The number of rotatable bonds is 7. The molecule has 1 N–H and O–H groups in total. The van der Waals surface area contributed by atoms with E-state index in [2.05, 4.69) is 29.6 Å². The predicted molar refractivity (Wildman–Crippen MR) is 139 cm³/mol. The van der Waals surface area contributed by atoms with Crippen LogP contribution in [0, 0.1) is 0 Å². The minimum Gasteiger partial charge on any atom is -0.444 e. The van der Waals surface area contributed by atoms with Crippen LogP contribution in [0.3, 0.4) is 0 Å². The third kappa shape index (κ3) is 7.90. The Morgan fingerprint density at radius 2 is 1.81 bits per heavy atom. The monoisotopic (exact) mass is 508 g/mol. The fourth-order valence-corrected chi connectivity index (χ4v) is 4.86. The van der Waals surface area contributed by atoms with Crippen molar-refractivity contribution in [2.24, 2.45) is 0 Å². The van der Waals surface area contributed by atoms with Gasteiger partial charge in [0.15, 0.2) is 0 Å². The largest absolute Gasteiger partial charge is 0.444 e. The van der Waals surface area contributed by atoms with Crippen LogP contribution in [0.1, 0.15) is 85.1 Å². The van der Waals surface area contributed by atoms with E-state index in [4.69, 9.17) is 14.2 Å². The zero-order valence-electron chi connectivity index (χ0n) is 23.0. The smallest absolute Gasteiger partial charge is 0.410 e. The molecule has 0 bridgehead atoms. The second-order valence-corrected chi connectivity index (χ2v) is 10.5. The molecule has 1 aliphatic heterocycles. The van der Waals surface area contributed by atoms with Crippen molar-refractivity contribution in [2.45, 2.75) is 109 Å². The highest BCUT2D eigenvalue weighted by molar-refractivity contribution is 5.81. The summed E-state index contributed by atoms with van der Waals surface area (Å²) in [6.45, 7) is 11.4. The number of hydrogen-bond donors (Lipinski definition) is 1. The maximum absolute atomic E-state index is 13.8. The number of benzene rings is 1. The molecule has 0 spiro atoms. The van der Waals surface area contributed by atoms with Gasteiger partial charge in [-0.05, 0) is 64.4 Å². The van der Waals surface area contributed by atoms with E-state index < -0.39 is 35.5 Å². The minimum absolute atomic E-state index is 0.0533. The Bertz CT molecular complexity index is 823. The van der Waals surface area contributed by atoms with E-state index >= 15 is 0 Å². The Labute approximate surface area is 216 Å². The molecule has 1 heterocycles. The van der Waals surface area contributed by atoms with Gasteiger partial charge in [-0.3, -0.25) is 4.79 Å². The predicted octanol–water partition coefficient (Wildman–Crippen LogP) is 5.58. The molecule has 204 valence electrons. The van der Waals surface area contributed by atoms with Crippen LogP contribution in [0.5, 0.6) is 0 Å². The summed E-state index contributed by atoms with van der Waals surface area (Å²) in [7, 11) is 1.62. The maximum Gasteiger partial charge on any atom is 0.410 e. The first-order valence-corrected chi connectivity index (χ1v) is 13.2. The summed E-state index contributed by atoms with van der Waals surface area (Å²) < 4.78 is 30.8. The topological polar surface area (TPSA) is 77.1 Å².